The molecule has 0 unspecified atom stereocenters. The molecule has 2 heterocycles. The topological polar surface area (TPSA) is 42.4 Å². The predicted molar refractivity (Wildman–Crippen MR) is 106 cm³/mol. The van der Waals surface area contributed by atoms with E-state index < -0.39 is 0 Å². The minimum Gasteiger partial charge on any atom is -0.497 e. The fourth-order valence-electron chi connectivity index (χ4n) is 4.48. The van der Waals surface area contributed by atoms with Gasteiger partial charge < -0.3 is 9.64 Å². The quantitative estimate of drug-likeness (QED) is 0.811. The van der Waals surface area contributed by atoms with Gasteiger partial charge >= 0.3 is 0 Å². The van der Waals surface area contributed by atoms with Gasteiger partial charge in [-0.15, -0.1) is 0 Å². The Morgan fingerprint density at radius 1 is 1.19 bits per heavy atom. The van der Waals surface area contributed by atoms with Gasteiger partial charge in [-0.25, -0.2) is 0 Å². The highest BCUT2D eigenvalue weighted by Crippen LogP contribution is 2.29. The summed E-state index contributed by atoms with van der Waals surface area (Å²) in [4.78, 5) is 20.1. The Morgan fingerprint density at radius 2 is 2.00 bits per heavy atom. The molecule has 0 radical (unpaired) electrons. The number of amides is 1. The van der Waals surface area contributed by atoms with E-state index in [1.807, 2.05) is 19.1 Å². The molecule has 4 nitrogen and oxygen atoms in total. The molecule has 27 heavy (non-hydrogen) atoms. The van der Waals surface area contributed by atoms with E-state index in [9.17, 15) is 4.79 Å². The van der Waals surface area contributed by atoms with E-state index in [1.165, 1.54) is 24.8 Å². The Morgan fingerprint density at radius 3 is 2.78 bits per heavy atom. The van der Waals surface area contributed by atoms with Crippen LogP contribution in [-0.4, -0.2) is 35.5 Å². The molecule has 0 spiro atoms. The van der Waals surface area contributed by atoms with Gasteiger partial charge in [0.05, 0.1) is 18.4 Å². The Kier molecular flexibility index (Phi) is 5.15. The molecule has 2 aliphatic rings. The first-order valence-corrected chi connectivity index (χ1v) is 10.1. The lowest BCUT2D eigenvalue weighted by molar-refractivity contribution is 0.0612. The number of carbonyl (C=O) groups is 1. The largest absolute Gasteiger partial charge is 0.497 e. The number of aryl methyl sites for hydroxylation is 1. The number of hydrogen-bond donors (Lipinski definition) is 0. The number of carbonyl (C=O) groups excluding carboxylic acids is 1. The molecule has 1 fully saturated rings. The third kappa shape index (κ3) is 3.71. The van der Waals surface area contributed by atoms with Crippen molar-refractivity contribution in [1.82, 2.24) is 9.88 Å². The minimum atomic E-state index is 0.183. The van der Waals surface area contributed by atoms with Crippen LogP contribution in [0.2, 0.25) is 0 Å². The lowest BCUT2D eigenvalue weighted by Gasteiger charge is -2.37. The van der Waals surface area contributed by atoms with Crippen molar-refractivity contribution in [3.63, 3.8) is 0 Å². The molecule has 1 aliphatic carbocycles. The van der Waals surface area contributed by atoms with Crippen molar-refractivity contribution in [1.29, 1.82) is 0 Å². The fraction of sp³-hybridized carbons (Fsp3) is 0.478. The molecular weight excluding hydrogens is 336 g/mol. The van der Waals surface area contributed by atoms with Crippen molar-refractivity contribution in [3.05, 3.63) is 58.4 Å². The van der Waals surface area contributed by atoms with Crippen molar-refractivity contribution in [2.45, 2.75) is 57.9 Å². The highest BCUT2D eigenvalue weighted by molar-refractivity contribution is 5.96. The van der Waals surface area contributed by atoms with Gasteiger partial charge in [-0.05, 0) is 55.5 Å². The van der Waals surface area contributed by atoms with Gasteiger partial charge in [0.2, 0.25) is 0 Å². The van der Waals surface area contributed by atoms with Crippen LogP contribution in [0.25, 0.3) is 0 Å². The molecule has 1 aromatic heterocycles. The van der Waals surface area contributed by atoms with Gasteiger partial charge in [-0.1, -0.05) is 31.4 Å². The molecule has 0 bridgehead atoms. The average molecular weight is 364 g/mol. The van der Waals surface area contributed by atoms with Crippen molar-refractivity contribution in [2.24, 2.45) is 0 Å². The average Bonchev–Trinajstić information content (AvgIpc) is 2.70. The lowest BCUT2D eigenvalue weighted by Crippen LogP contribution is -2.45. The molecule has 0 saturated heterocycles. The van der Waals surface area contributed by atoms with E-state index in [1.54, 1.807) is 7.11 Å². The maximum absolute atomic E-state index is 13.2. The third-order valence-electron chi connectivity index (χ3n) is 6.02. The third-order valence-corrected chi connectivity index (χ3v) is 6.02. The van der Waals surface area contributed by atoms with Crippen molar-refractivity contribution in [2.75, 3.05) is 13.7 Å². The van der Waals surface area contributed by atoms with Crippen LogP contribution in [0.5, 0.6) is 5.75 Å². The van der Waals surface area contributed by atoms with Crippen LogP contribution in [0.15, 0.2) is 30.3 Å². The van der Waals surface area contributed by atoms with E-state index in [4.69, 9.17) is 9.72 Å². The molecule has 4 heteroatoms. The highest BCUT2D eigenvalue weighted by Gasteiger charge is 2.31. The normalized spacial score (nSPS) is 17.7. The van der Waals surface area contributed by atoms with Gasteiger partial charge in [-0.2, -0.15) is 0 Å². The highest BCUT2D eigenvalue weighted by atomic mass is 16.5. The van der Waals surface area contributed by atoms with Crippen LogP contribution in [-0.2, 0) is 12.8 Å². The van der Waals surface area contributed by atoms with Crippen LogP contribution >= 0.6 is 0 Å². The fourth-order valence-corrected chi connectivity index (χ4v) is 4.48. The van der Waals surface area contributed by atoms with Crippen LogP contribution in [0.1, 0.15) is 65.0 Å². The van der Waals surface area contributed by atoms with Gasteiger partial charge in [0.25, 0.3) is 5.91 Å². The lowest BCUT2D eigenvalue weighted by atomic mass is 9.91. The molecule has 1 saturated carbocycles. The molecular formula is C23H28N2O2. The summed E-state index contributed by atoms with van der Waals surface area (Å²) in [6.45, 7) is 2.87. The summed E-state index contributed by atoms with van der Waals surface area (Å²) in [6, 6.07) is 10.6. The number of fused-ring (bicyclic) bond motifs is 1. The molecule has 142 valence electrons. The Bertz CT molecular complexity index is 840. The van der Waals surface area contributed by atoms with E-state index >= 15 is 0 Å². The second-order valence-electron chi connectivity index (χ2n) is 7.80. The summed E-state index contributed by atoms with van der Waals surface area (Å²) in [6.07, 6.45) is 7.73. The smallest absolute Gasteiger partial charge is 0.255 e. The molecule has 4 rings (SSSR count). The van der Waals surface area contributed by atoms with Gasteiger partial charge in [0, 0.05) is 24.7 Å². The SMILES string of the molecule is COc1cccc(Cc2cc3c(nc2C)CCN(C2CCCCC2)C3=O)c1. The summed E-state index contributed by atoms with van der Waals surface area (Å²) in [5.74, 6) is 1.04. The van der Waals surface area contributed by atoms with Gasteiger partial charge in [0.15, 0.2) is 0 Å². The molecule has 1 amide bonds. The first kappa shape index (κ1) is 18.0. The second-order valence-corrected chi connectivity index (χ2v) is 7.80. The summed E-state index contributed by atoms with van der Waals surface area (Å²) in [5, 5.41) is 0. The summed E-state index contributed by atoms with van der Waals surface area (Å²) in [7, 11) is 1.68. The monoisotopic (exact) mass is 364 g/mol. The zero-order chi connectivity index (χ0) is 18.8. The number of pyridine rings is 1. The van der Waals surface area contributed by atoms with Crippen LogP contribution < -0.4 is 4.74 Å². The molecule has 2 aromatic rings. The molecule has 1 aromatic carbocycles. The zero-order valence-electron chi connectivity index (χ0n) is 16.3. The van der Waals surface area contributed by atoms with Crippen LogP contribution in [0, 0.1) is 6.92 Å². The molecule has 0 atom stereocenters. The number of methoxy groups -OCH3 is 1. The number of benzene rings is 1. The maximum Gasteiger partial charge on any atom is 0.255 e. The Labute approximate surface area is 161 Å². The standard InChI is InChI=1S/C23H28N2O2/c1-16-18(13-17-7-6-10-20(14-17)27-2)15-21-22(24-16)11-12-25(23(21)26)19-8-4-3-5-9-19/h6-7,10,14-15,19H,3-5,8-9,11-13H2,1-2H3. The van der Waals surface area contributed by atoms with Gasteiger partial charge in [0.1, 0.15) is 5.75 Å². The van der Waals surface area contributed by atoms with Gasteiger partial charge in [-0.3, -0.25) is 9.78 Å². The van der Waals surface area contributed by atoms with Crippen molar-refractivity contribution in [3.8, 4) is 5.75 Å². The van der Waals surface area contributed by atoms with E-state index in [0.717, 1.165) is 60.5 Å². The zero-order valence-corrected chi connectivity index (χ0v) is 16.3. The van der Waals surface area contributed by atoms with Crippen molar-refractivity contribution < 1.29 is 9.53 Å². The minimum absolute atomic E-state index is 0.183. The van der Waals surface area contributed by atoms with Crippen LogP contribution in [0.3, 0.4) is 0 Å². The summed E-state index contributed by atoms with van der Waals surface area (Å²) >= 11 is 0. The van der Waals surface area contributed by atoms with E-state index in [2.05, 4.69) is 23.1 Å². The summed E-state index contributed by atoms with van der Waals surface area (Å²) < 4.78 is 5.34. The van der Waals surface area contributed by atoms with E-state index in [-0.39, 0.29) is 5.91 Å². The maximum atomic E-state index is 13.2. The number of aromatic nitrogens is 1. The Balaban J connectivity index is 1.60. The number of ether oxygens (including phenoxy) is 1. The van der Waals surface area contributed by atoms with Crippen LogP contribution in [0.4, 0.5) is 0 Å². The number of hydrogen-bond acceptors (Lipinski definition) is 3. The Hall–Kier alpha value is -2.36. The molecule has 0 N–H and O–H groups in total. The number of nitrogens with zero attached hydrogens (tertiary/aromatic N) is 2. The van der Waals surface area contributed by atoms with E-state index in [0.29, 0.717) is 6.04 Å². The molecule has 1 aliphatic heterocycles. The summed E-state index contributed by atoms with van der Waals surface area (Å²) in [5.41, 5.74) is 5.11. The first-order valence-electron chi connectivity index (χ1n) is 10.1. The first-order chi connectivity index (χ1) is 13.2. The number of rotatable bonds is 4. The second kappa shape index (κ2) is 7.71. The predicted octanol–water partition coefficient (Wildman–Crippen LogP) is 4.32. The van der Waals surface area contributed by atoms with Crippen molar-refractivity contribution >= 4 is 5.91 Å².